The van der Waals surface area contributed by atoms with Crippen LogP contribution in [0.2, 0.25) is 0 Å². The highest BCUT2D eigenvalue weighted by molar-refractivity contribution is 7.89. The number of aromatic nitrogens is 1. The molecule has 1 aromatic heterocycles. The third kappa shape index (κ3) is 8.43. The van der Waals surface area contributed by atoms with E-state index < -0.39 is 22.7 Å². The zero-order valence-electron chi connectivity index (χ0n) is 26.1. The van der Waals surface area contributed by atoms with Crippen LogP contribution in [0, 0.1) is 11.8 Å². The summed E-state index contributed by atoms with van der Waals surface area (Å²) in [6.45, 7) is 2.67. The number of fused-ring (bicyclic) bond motifs is 1. The molecule has 1 aliphatic rings. The fourth-order valence-corrected chi connectivity index (χ4v) is 6.65. The van der Waals surface area contributed by atoms with Crippen molar-refractivity contribution in [1.82, 2.24) is 9.47 Å². The van der Waals surface area contributed by atoms with Crippen molar-refractivity contribution in [3.8, 4) is 17.6 Å². The van der Waals surface area contributed by atoms with Gasteiger partial charge in [0.1, 0.15) is 12.3 Å². The summed E-state index contributed by atoms with van der Waals surface area (Å²) in [5, 5.41) is 12.5. The van der Waals surface area contributed by atoms with E-state index in [4.69, 9.17) is 14.6 Å². The second-order valence-corrected chi connectivity index (χ2v) is 13.0. The maximum absolute atomic E-state index is 13.7. The van der Waals surface area contributed by atoms with Gasteiger partial charge in [-0.3, -0.25) is 4.90 Å². The topological polar surface area (TPSA) is 111 Å². The normalized spacial score (nSPS) is 18.9. The van der Waals surface area contributed by atoms with Gasteiger partial charge in [0.25, 0.3) is 0 Å². The maximum atomic E-state index is 13.7. The first-order valence-corrected chi connectivity index (χ1v) is 16.4. The van der Waals surface area contributed by atoms with E-state index in [1.54, 1.807) is 25.3 Å². The highest BCUT2D eigenvalue weighted by Gasteiger charge is 2.37. The van der Waals surface area contributed by atoms with Gasteiger partial charge in [-0.15, -0.1) is 0 Å². The molecule has 9 nitrogen and oxygen atoms in total. The number of primary sulfonamides is 1. The smallest absolute Gasteiger partial charge is 0.406 e. The van der Waals surface area contributed by atoms with Crippen LogP contribution < -0.4 is 20.5 Å². The van der Waals surface area contributed by atoms with Gasteiger partial charge < -0.3 is 24.7 Å². The Balaban J connectivity index is 1.54. The molecule has 0 amide bonds. The van der Waals surface area contributed by atoms with Crippen molar-refractivity contribution in [3.05, 3.63) is 48.2 Å². The zero-order chi connectivity index (χ0) is 32.8. The predicted octanol–water partition coefficient (Wildman–Crippen LogP) is 5.40. The second-order valence-electron chi connectivity index (χ2n) is 11.4. The molecule has 1 aliphatic carbocycles. The Kier molecular flexibility index (Phi) is 11.0. The SMILES string of the molecule is CCC1(N(C)CCOC)CCC(Nc2cccc3c2cc(C#CCNc2ccc(S(N)(=O)=O)cc2OC)n3CC(F)(F)F)CC1. The Morgan fingerprint density at radius 3 is 2.49 bits per heavy atom. The minimum Gasteiger partial charge on any atom is -0.495 e. The van der Waals surface area contributed by atoms with E-state index in [1.807, 2.05) is 6.07 Å². The van der Waals surface area contributed by atoms with E-state index in [0.717, 1.165) is 44.3 Å². The van der Waals surface area contributed by atoms with E-state index in [1.165, 1.54) is 29.9 Å². The fourth-order valence-electron chi connectivity index (χ4n) is 6.12. The lowest BCUT2D eigenvalue weighted by Crippen LogP contribution is -2.51. The van der Waals surface area contributed by atoms with E-state index in [-0.39, 0.29) is 34.5 Å². The molecule has 0 atom stereocenters. The van der Waals surface area contributed by atoms with Crippen LogP contribution in [0.1, 0.15) is 44.7 Å². The third-order valence-electron chi connectivity index (χ3n) is 8.74. The van der Waals surface area contributed by atoms with Gasteiger partial charge in [-0.2, -0.15) is 13.2 Å². The number of sulfonamides is 1. The molecular formula is C32H42F3N5O4S. The Morgan fingerprint density at radius 1 is 1.13 bits per heavy atom. The Morgan fingerprint density at radius 2 is 1.87 bits per heavy atom. The van der Waals surface area contributed by atoms with Crippen LogP contribution in [0.3, 0.4) is 0 Å². The van der Waals surface area contributed by atoms with E-state index >= 15 is 0 Å². The van der Waals surface area contributed by atoms with Crippen LogP contribution in [-0.2, 0) is 21.3 Å². The van der Waals surface area contributed by atoms with E-state index in [9.17, 15) is 21.6 Å². The first kappa shape index (κ1) is 34.4. The van der Waals surface area contributed by atoms with Gasteiger partial charge in [0.05, 0.1) is 42.1 Å². The molecule has 0 radical (unpaired) electrons. The Bertz CT molecular complexity index is 1640. The lowest BCUT2D eigenvalue weighted by atomic mass is 9.76. The molecule has 3 aromatic rings. The van der Waals surface area contributed by atoms with Gasteiger partial charge in [0.2, 0.25) is 10.0 Å². The lowest BCUT2D eigenvalue weighted by Gasteiger charge is -2.46. The summed E-state index contributed by atoms with van der Waals surface area (Å²) in [6.07, 6.45) is 0.539. The van der Waals surface area contributed by atoms with Crippen molar-refractivity contribution < 1.29 is 31.1 Å². The van der Waals surface area contributed by atoms with Crippen molar-refractivity contribution in [2.45, 2.75) is 68.2 Å². The molecule has 4 N–H and O–H groups in total. The Hall–Kier alpha value is -3.44. The van der Waals surface area contributed by atoms with Gasteiger partial charge in [-0.05, 0) is 75.4 Å². The van der Waals surface area contributed by atoms with Crippen LogP contribution in [0.15, 0.2) is 47.4 Å². The second kappa shape index (κ2) is 14.3. The van der Waals surface area contributed by atoms with Crippen molar-refractivity contribution in [3.63, 3.8) is 0 Å². The third-order valence-corrected chi connectivity index (χ3v) is 9.65. The molecule has 0 aliphatic heterocycles. The minimum absolute atomic E-state index is 0.0732. The molecule has 1 fully saturated rings. The van der Waals surface area contributed by atoms with Gasteiger partial charge in [-0.1, -0.05) is 18.9 Å². The van der Waals surface area contributed by atoms with Crippen LogP contribution in [0.25, 0.3) is 10.9 Å². The molecule has 13 heteroatoms. The molecule has 4 rings (SSSR count). The minimum atomic E-state index is -4.44. The highest BCUT2D eigenvalue weighted by Crippen LogP contribution is 2.38. The van der Waals surface area contributed by atoms with Crippen molar-refractivity contribution in [1.29, 1.82) is 0 Å². The van der Waals surface area contributed by atoms with Crippen molar-refractivity contribution >= 4 is 32.3 Å². The van der Waals surface area contributed by atoms with Crippen LogP contribution in [0.5, 0.6) is 5.75 Å². The standard InChI is InChI=1S/C32H42F3N5O4S/c1-5-31(39(2)18-19-43-3)15-13-23(14-16-31)38-27-9-6-10-29-26(27)20-24(40(29)22-32(33,34)35)8-7-17-37-28-12-11-25(45(36,41)42)21-30(28)44-4/h6,9-12,20-21,23,37-38H,5,13-19,22H2,1-4H3,(H2,36,41,42). The number of hydrogen-bond donors (Lipinski definition) is 3. The zero-order valence-corrected chi connectivity index (χ0v) is 26.9. The molecule has 0 bridgehead atoms. The van der Waals surface area contributed by atoms with Gasteiger partial charge in [-0.25, -0.2) is 13.6 Å². The van der Waals surface area contributed by atoms with Gasteiger partial charge in [0.15, 0.2) is 0 Å². The summed E-state index contributed by atoms with van der Waals surface area (Å²) in [6, 6.07) is 11.4. The number of ether oxygens (including phenoxy) is 2. The van der Waals surface area contributed by atoms with Gasteiger partial charge in [0, 0.05) is 42.4 Å². The fraction of sp³-hybridized carbons (Fsp3) is 0.500. The first-order valence-electron chi connectivity index (χ1n) is 14.9. The number of nitrogens with zero attached hydrogens (tertiary/aromatic N) is 2. The van der Waals surface area contributed by atoms with Crippen molar-refractivity contribution in [2.24, 2.45) is 5.14 Å². The molecule has 0 saturated heterocycles. The van der Waals surface area contributed by atoms with E-state index in [2.05, 4.69) is 41.3 Å². The number of anilines is 2. The molecule has 0 spiro atoms. The van der Waals surface area contributed by atoms with Crippen LogP contribution >= 0.6 is 0 Å². The molecule has 246 valence electrons. The highest BCUT2D eigenvalue weighted by atomic mass is 32.2. The summed E-state index contributed by atoms with van der Waals surface area (Å²) in [7, 11) is 1.33. The lowest BCUT2D eigenvalue weighted by molar-refractivity contribution is -0.140. The molecule has 1 heterocycles. The monoisotopic (exact) mass is 649 g/mol. The average Bonchev–Trinajstić information content (AvgIpc) is 3.34. The number of nitrogens with one attached hydrogen (secondary N) is 2. The number of nitrogens with two attached hydrogens (primary N) is 1. The predicted molar refractivity (Wildman–Crippen MR) is 171 cm³/mol. The average molecular weight is 650 g/mol. The summed E-state index contributed by atoms with van der Waals surface area (Å²) in [5.74, 6) is 6.03. The number of alkyl halides is 3. The van der Waals surface area contributed by atoms with Gasteiger partial charge >= 0.3 is 6.18 Å². The largest absolute Gasteiger partial charge is 0.495 e. The first-order chi connectivity index (χ1) is 21.3. The number of rotatable bonds is 12. The Labute approximate surface area is 263 Å². The molecule has 2 aromatic carbocycles. The quantitative estimate of drug-likeness (QED) is 0.225. The molecule has 0 unspecified atom stereocenters. The van der Waals surface area contributed by atoms with E-state index in [0.29, 0.717) is 23.2 Å². The molecule has 1 saturated carbocycles. The van der Waals surface area contributed by atoms with Crippen LogP contribution in [-0.4, -0.2) is 76.6 Å². The number of methoxy groups -OCH3 is 2. The summed E-state index contributed by atoms with van der Waals surface area (Å²) in [5.41, 5.74) is 2.06. The maximum Gasteiger partial charge on any atom is 0.406 e. The molecular weight excluding hydrogens is 607 g/mol. The summed E-state index contributed by atoms with van der Waals surface area (Å²) in [4.78, 5) is 2.30. The van der Waals surface area contributed by atoms with Crippen LogP contribution in [0.4, 0.5) is 24.5 Å². The number of likely N-dealkylation sites (N-methyl/N-ethyl adjacent to an activating group) is 1. The summed E-state index contributed by atoms with van der Waals surface area (Å²) < 4.78 is 76.1. The van der Waals surface area contributed by atoms with Crippen molar-refractivity contribution in [2.75, 3.05) is 51.6 Å². The number of hydrogen-bond acceptors (Lipinski definition) is 7. The number of halogens is 3. The molecule has 45 heavy (non-hydrogen) atoms. The summed E-state index contributed by atoms with van der Waals surface area (Å²) >= 11 is 0. The number of benzene rings is 2.